The van der Waals surface area contributed by atoms with E-state index in [0.29, 0.717) is 0 Å². The van der Waals surface area contributed by atoms with Crippen LogP contribution in [-0.4, -0.2) is 43.8 Å². The van der Waals surface area contributed by atoms with Gasteiger partial charge >= 0.3 is 39.7 Å². The summed E-state index contributed by atoms with van der Waals surface area (Å²) in [6.45, 7) is 3.30. The lowest BCUT2D eigenvalue weighted by Gasteiger charge is -2.51. The fourth-order valence-electron chi connectivity index (χ4n) is 2.57. The number of rotatable bonds is 11. The third-order valence-corrected chi connectivity index (χ3v) is 5.11. The maximum atomic E-state index is 14.6. The molecule has 1 rings (SSSR count). The highest BCUT2D eigenvalue weighted by atomic mass is 32.3. The van der Waals surface area contributed by atoms with Gasteiger partial charge in [-0.3, -0.25) is 4.74 Å². The highest BCUT2D eigenvalue weighted by molar-refractivity contribution is 7.87. The lowest BCUT2D eigenvalue weighted by Crippen LogP contribution is -2.69. The second-order valence-corrected chi connectivity index (χ2v) is 7.92. The second-order valence-electron chi connectivity index (χ2n) is 6.53. The predicted octanol–water partition coefficient (Wildman–Crippen LogP) is 5.76. The molecule has 17 heteroatoms. The molecule has 0 aromatic carbocycles. The molecule has 4 nitrogen and oxygen atoms in total. The van der Waals surface area contributed by atoms with E-state index in [-0.39, 0.29) is 19.3 Å². The summed E-state index contributed by atoms with van der Waals surface area (Å²) in [5.41, 5.74) is 0. The molecule has 0 radical (unpaired) electrons. The summed E-state index contributed by atoms with van der Waals surface area (Å²) < 4.78 is 184. The van der Waals surface area contributed by atoms with Gasteiger partial charge in [-0.15, -0.1) is 6.58 Å². The zero-order chi connectivity index (χ0) is 24.7. The van der Waals surface area contributed by atoms with Crippen molar-refractivity contribution < 1.29 is 70.1 Å². The molecule has 0 amide bonds. The maximum absolute atomic E-state index is 14.6. The first-order valence-electron chi connectivity index (χ1n) is 8.11. The number of halogens is 12. The Labute approximate surface area is 167 Å². The third kappa shape index (κ3) is 5.07. The molecular weight excluding hydrogens is 492 g/mol. The molecule has 0 saturated heterocycles. The molecule has 3 unspecified atom stereocenters. The van der Waals surface area contributed by atoms with E-state index in [9.17, 15) is 60.6 Å². The fourth-order valence-corrected chi connectivity index (χ4v) is 2.89. The Balaban J connectivity index is 3.28. The molecule has 3 atom stereocenters. The molecule has 31 heavy (non-hydrogen) atoms. The first kappa shape index (κ1) is 27.8. The Morgan fingerprint density at radius 2 is 1.52 bits per heavy atom. The Bertz CT molecular complexity index is 768. The molecule has 1 fully saturated rings. The first-order chi connectivity index (χ1) is 13.6. The van der Waals surface area contributed by atoms with Gasteiger partial charge in [-0.25, -0.2) is 17.9 Å². The van der Waals surface area contributed by atoms with Gasteiger partial charge in [0.1, 0.15) is 0 Å². The molecule has 0 aromatic rings. The molecule has 1 saturated carbocycles. The fraction of sp³-hybridized carbons (Fsp3) is 0.857. The van der Waals surface area contributed by atoms with E-state index in [1.54, 1.807) is 0 Å². The van der Waals surface area contributed by atoms with Crippen LogP contribution in [0.1, 0.15) is 32.1 Å². The van der Waals surface area contributed by atoms with E-state index in [1.807, 2.05) is 4.74 Å². The van der Waals surface area contributed by atoms with Gasteiger partial charge in [0.15, 0.2) is 0 Å². The minimum absolute atomic E-state index is 0.137. The Kier molecular flexibility index (Phi) is 7.42. The van der Waals surface area contributed by atoms with Gasteiger partial charge in [-0.1, -0.05) is 16.4 Å². The van der Waals surface area contributed by atoms with Crippen LogP contribution in [0.2, 0.25) is 0 Å². The van der Waals surface area contributed by atoms with E-state index in [2.05, 4.69) is 11.3 Å². The molecule has 1 aliphatic rings. The van der Waals surface area contributed by atoms with E-state index in [4.69, 9.17) is 0 Å². The van der Waals surface area contributed by atoms with Crippen LogP contribution in [0.3, 0.4) is 0 Å². The summed E-state index contributed by atoms with van der Waals surface area (Å²) in [5, 5.41) is -7.12. The molecule has 0 bridgehead atoms. The van der Waals surface area contributed by atoms with Gasteiger partial charge in [-0.05, 0) is 19.3 Å². The van der Waals surface area contributed by atoms with Crippen molar-refractivity contribution in [2.45, 2.75) is 67.5 Å². The predicted molar refractivity (Wildman–Crippen MR) is 77.5 cm³/mol. The summed E-state index contributed by atoms with van der Waals surface area (Å²) in [6.07, 6.45) is -14.7. The summed E-state index contributed by atoms with van der Waals surface area (Å²) in [7, 11) is -7.71. The van der Waals surface area contributed by atoms with Crippen molar-refractivity contribution in [3.8, 4) is 0 Å². The summed E-state index contributed by atoms with van der Waals surface area (Å²) in [4.78, 5) is 0. The monoisotopic (exact) mass is 506 g/mol. The smallest absolute Gasteiger partial charge is 0.273 e. The minimum atomic E-state index is -7.71. The van der Waals surface area contributed by atoms with E-state index < -0.39 is 64.3 Å². The van der Waals surface area contributed by atoms with Crippen molar-refractivity contribution in [3.05, 3.63) is 12.7 Å². The van der Waals surface area contributed by atoms with Gasteiger partial charge in [0, 0.05) is 12.3 Å². The zero-order valence-corrected chi connectivity index (χ0v) is 15.8. The van der Waals surface area contributed by atoms with Gasteiger partial charge in [0.25, 0.3) is 5.85 Å². The number of alkyl halides is 11. The average molecular weight is 506 g/mol. The Hall–Kier alpha value is -1.23. The highest BCUT2D eigenvalue weighted by Crippen LogP contribution is 2.60. The quantitative estimate of drug-likeness (QED) is 0.118. The second kappa shape index (κ2) is 8.28. The standard InChI is InChI=1S/C14H14F12O4S/c1-2-3-4-5-6-8-7-9(15,16)10(8,17)29-14(25,11(18,19)20)30-12(21,22)13(23,24)31(26,27)28/h2,8H,1,3-7H2. The van der Waals surface area contributed by atoms with Gasteiger partial charge in [0.05, 0.1) is 0 Å². The van der Waals surface area contributed by atoms with Crippen LogP contribution in [0.25, 0.3) is 0 Å². The minimum Gasteiger partial charge on any atom is -0.273 e. The highest BCUT2D eigenvalue weighted by Gasteiger charge is 2.80. The van der Waals surface area contributed by atoms with Crippen LogP contribution in [0.15, 0.2) is 12.7 Å². The lowest BCUT2D eigenvalue weighted by molar-refractivity contribution is -0.557. The van der Waals surface area contributed by atoms with Gasteiger partial charge < -0.3 is 0 Å². The topological polar surface area (TPSA) is 52.6 Å². The lowest BCUT2D eigenvalue weighted by atomic mass is 9.72. The molecular formula is C14H14F12O4S. The number of ether oxygens (including phenoxy) is 2. The summed E-state index contributed by atoms with van der Waals surface area (Å²) in [6, 6.07) is -6.72. The zero-order valence-electron chi connectivity index (χ0n) is 15.0. The third-order valence-electron chi connectivity index (χ3n) is 4.26. The Morgan fingerprint density at radius 3 is 1.90 bits per heavy atom. The van der Waals surface area contributed by atoms with Gasteiger partial charge in [0.2, 0.25) is 0 Å². The molecule has 184 valence electrons. The average Bonchev–Trinajstić information content (AvgIpc) is 2.54. The van der Waals surface area contributed by atoms with Crippen LogP contribution in [0.5, 0.6) is 0 Å². The Morgan fingerprint density at radius 1 is 1.00 bits per heavy atom. The van der Waals surface area contributed by atoms with Crippen molar-refractivity contribution in [1.29, 1.82) is 0 Å². The molecule has 0 N–H and O–H groups in total. The summed E-state index contributed by atoms with van der Waals surface area (Å²) >= 11 is 0. The van der Waals surface area contributed by atoms with Crippen molar-refractivity contribution in [2.24, 2.45) is 5.92 Å². The number of hydrogen-bond donors (Lipinski definition) is 0. The SMILES string of the molecule is C=CCCCCC1CC(F)(F)C1(F)OC(F)(OC(F)(F)C(F)(F)S(=O)(=O)F)C(F)(F)F. The number of hydrogen-bond acceptors (Lipinski definition) is 4. The molecule has 0 aromatic heterocycles. The van der Waals surface area contributed by atoms with Crippen molar-refractivity contribution in [3.63, 3.8) is 0 Å². The normalized spacial score (nSPS) is 26.8. The summed E-state index contributed by atoms with van der Waals surface area (Å²) in [5.74, 6) is -12.1. The van der Waals surface area contributed by atoms with Crippen molar-refractivity contribution >= 4 is 10.2 Å². The van der Waals surface area contributed by atoms with E-state index in [1.165, 1.54) is 6.08 Å². The van der Waals surface area contributed by atoms with E-state index >= 15 is 0 Å². The van der Waals surface area contributed by atoms with Gasteiger partial charge in [-0.2, -0.15) is 43.5 Å². The largest absolute Gasteiger partial charge is 0.478 e. The van der Waals surface area contributed by atoms with Crippen molar-refractivity contribution in [2.75, 3.05) is 0 Å². The molecule has 0 aliphatic heterocycles. The van der Waals surface area contributed by atoms with Crippen molar-refractivity contribution in [1.82, 2.24) is 0 Å². The molecule has 1 aliphatic carbocycles. The first-order valence-corrected chi connectivity index (χ1v) is 9.50. The molecule has 0 spiro atoms. The number of allylic oxidation sites excluding steroid dienone is 1. The van der Waals surface area contributed by atoms with Crippen LogP contribution >= 0.6 is 0 Å². The molecule has 0 heterocycles. The number of unbranched alkanes of at least 4 members (excludes halogenated alkanes) is 2. The van der Waals surface area contributed by atoms with Crippen LogP contribution < -0.4 is 0 Å². The van der Waals surface area contributed by atoms with Crippen LogP contribution in [0.4, 0.5) is 52.2 Å². The van der Waals surface area contributed by atoms with Crippen LogP contribution in [-0.2, 0) is 19.7 Å². The van der Waals surface area contributed by atoms with E-state index in [0.717, 1.165) is 0 Å². The maximum Gasteiger partial charge on any atom is 0.478 e. The van der Waals surface area contributed by atoms with Crippen LogP contribution in [0, 0.1) is 5.92 Å².